The zero-order valence-electron chi connectivity index (χ0n) is 10.3. The summed E-state index contributed by atoms with van der Waals surface area (Å²) in [5.41, 5.74) is -1.17. The molecule has 2 aromatic rings. The monoisotopic (exact) mass is 272 g/mol. The third-order valence-corrected chi connectivity index (χ3v) is 2.58. The van der Waals surface area contributed by atoms with Gasteiger partial charge in [0.05, 0.1) is 6.61 Å². The summed E-state index contributed by atoms with van der Waals surface area (Å²) >= 11 is 0. The predicted octanol–water partition coefficient (Wildman–Crippen LogP) is 2.84. The van der Waals surface area contributed by atoms with E-state index in [1.807, 2.05) is 0 Å². The first-order chi connectivity index (χ1) is 8.86. The molecule has 0 amide bonds. The molecule has 2 rings (SSSR count). The van der Waals surface area contributed by atoms with Crippen LogP contribution in [0.3, 0.4) is 0 Å². The molecular formula is C12H11F3N2O2. The van der Waals surface area contributed by atoms with Crippen LogP contribution in [0, 0.1) is 6.92 Å². The van der Waals surface area contributed by atoms with Crippen LogP contribution in [0.4, 0.5) is 13.2 Å². The molecule has 0 aliphatic rings. The van der Waals surface area contributed by atoms with Crippen molar-refractivity contribution in [2.75, 3.05) is 6.61 Å². The molecule has 0 bridgehead atoms. The van der Waals surface area contributed by atoms with Crippen molar-refractivity contribution in [1.29, 1.82) is 0 Å². The van der Waals surface area contributed by atoms with E-state index in [-0.39, 0.29) is 12.3 Å². The SMILES string of the molecule is CCOC(=O)c1c(C(F)(F)F)nc2c(C)cccn12. The van der Waals surface area contributed by atoms with Gasteiger partial charge in [-0.3, -0.25) is 4.40 Å². The Bertz CT molecular complexity index is 632. The second-order valence-corrected chi connectivity index (χ2v) is 3.91. The van der Waals surface area contributed by atoms with Gasteiger partial charge in [-0.1, -0.05) is 6.07 Å². The maximum absolute atomic E-state index is 12.9. The summed E-state index contributed by atoms with van der Waals surface area (Å²) in [6.45, 7) is 3.15. The molecule has 0 radical (unpaired) electrons. The van der Waals surface area contributed by atoms with E-state index in [1.165, 1.54) is 13.1 Å². The first-order valence-electron chi connectivity index (χ1n) is 5.58. The van der Waals surface area contributed by atoms with Crippen molar-refractivity contribution < 1.29 is 22.7 Å². The summed E-state index contributed by atoms with van der Waals surface area (Å²) in [6.07, 6.45) is -3.35. The summed E-state index contributed by atoms with van der Waals surface area (Å²) in [5, 5.41) is 0. The highest BCUT2D eigenvalue weighted by Crippen LogP contribution is 2.32. The number of hydrogen-bond acceptors (Lipinski definition) is 3. The number of aryl methyl sites for hydroxylation is 1. The van der Waals surface area contributed by atoms with Gasteiger partial charge in [0, 0.05) is 6.20 Å². The van der Waals surface area contributed by atoms with Crippen molar-refractivity contribution >= 4 is 11.6 Å². The number of alkyl halides is 3. The number of pyridine rings is 1. The third-order valence-electron chi connectivity index (χ3n) is 2.58. The van der Waals surface area contributed by atoms with Gasteiger partial charge in [0.1, 0.15) is 5.65 Å². The van der Waals surface area contributed by atoms with Crippen molar-refractivity contribution in [3.05, 3.63) is 35.3 Å². The number of nitrogens with zero attached hydrogens (tertiary/aromatic N) is 2. The molecule has 0 aromatic carbocycles. The van der Waals surface area contributed by atoms with E-state index < -0.39 is 23.5 Å². The summed E-state index contributed by atoms with van der Waals surface area (Å²) in [5.74, 6) is -1.03. The Labute approximate surface area is 106 Å². The number of rotatable bonds is 2. The Kier molecular flexibility index (Phi) is 3.21. The van der Waals surface area contributed by atoms with Gasteiger partial charge in [0.2, 0.25) is 0 Å². The molecule has 0 N–H and O–H groups in total. The van der Waals surface area contributed by atoms with Crippen molar-refractivity contribution in [3.63, 3.8) is 0 Å². The Morgan fingerprint density at radius 3 is 2.74 bits per heavy atom. The van der Waals surface area contributed by atoms with Gasteiger partial charge in [-0.05, 0) is 25.5 Å². The number of carbonyl (C=O) groups is 1. The highest BCUT2D eigenvalue weighted by Gasteiger charge is 2.40. The van der Waals surface area contributed by atoms with Gasteiger partial charge < -0.3 is 4.74 Å². The lowest BCUT2D eigenvalue weighted by Crippen LogP contribution is -2.16. The Hall–Kier alpha value is -2.05. The van der Waals surface area contributed by atoms with Crippen molar-refractivity contribution in [2.45, 2.75) is 20.0 Å². The molecule has 19 heavy (non-hydrogen) atoms. The van der Waals surface area contributed by atoms with Gasteiger partial charge in [-0.15, -0.1) is 0 Å². The van der Waals surface area contributed by atoms with Crippen molar-refractivity contribution in [1.82, 2.24) is 9.38 Å². The van der Waals surface area contributed by atoms with Crippen LogP contribution >= 0.6 is 0 Å². The molecule has 102 valence electrons. The second kappa shape index (κ2) is 4.56. The number of esters is 1. The maximum Gasteiger partial charge on any atom is 0.435 e. The maximum atomic E-state index is 12.9. The van der Waals surface area contributed by atoms with E-state index in [4.69, 9.17) is 0 Å². The Balaban J connectivity index is 2.76. The first-order valence-corrected chi connectivity index (χ1v) is 5.58. The van der Waals surface area contributed by atoms with Gasteiger partial charge in [-0.2, -0.15) is 13.2 Å². The van der Waals surface area contributed by atoms with E-state index >= 15 is 0 Å². The van der Waals surface area contributed by atoms with Gasteiger partial charge >= 0.3 is 12.1 Å². The van der Waals surface area contributed by atoms with Gasteiger partial charge in [0.25, 0.3) is 0 Å². The lowest BCUT2D eigenvalue weighted by Gasteiger charge is -2.06. The zero-order chi connectivity index (χ0) is 14.2. The van der Waals surface area contributed by atoms with E-state index in [0.29, 0.717) is 5.56 Å². The normalized spacial score (nSPS) is 11.8. The summed E-state index contributed by atoms with van der Waals surface area (Å²) in [4.78, 5) is 15.2. The smallest absolute Gasteiger partial charge is 0.435 e. The minimum Gasteiger partial charge on any atom is -0.461 e. The molecule has 0 unspecified atom stereocenters. The molecule has 0 fully saturated rings. The lowest BCUT2D eigenvalue weighted by molar-refractivity contribution is -0.141. The number of halogens is 3. The van der Waals surface area contributed by atoms with Crippen LogP contribution in [0.2, 0.25) is 0 Å². The van der Waals surface area contributed by atoms with Crippen LogP contribution in [0.1, 0.15) is 28.7 Å². The fourth-order valence-electron chi connectivity index (χ4n) is 1.80. The number of imidazole rings is 1. The van der Waals surface area contributed by atoms with Gasteiger partial charge in [-0.25, -0.2) is 9.78 Å². The molecule has 0 spiro atoms. The standard InChI is InChI=1S/C12H11F3N2O2/c1-3-19-11(18)8-9(12(13,14)15)16-10-7(2)5-4-6-17(8)10/h4-6H,3H2,1-2H3. The lowest BCUT2D eigenvalue weighted by atomic mass is 10.3. The topological polar surface area (TPSA) is 43.6 Å². The van der Waals surface area contributed by atoms with Crippen molar-refractivity contribution in [2.24, 2.45) is 0 Å². The molecular weight excluding hydrogens is 261 g/mol. The molecule has 0 aliphatic heterocycles. The van der Waals surface area contributed by atoms with Gasteiger partial charge in [0.15, 0.2) is 11.4 Å². The van der Waals surface area contributed by atoms with Crippen LogP contribution in [-0.2, 0) is 10.9 Å². The van der Waals surface area contributed by atoms with E-state index in [0.717, 1.165) is 4.40 Å². The minimum atomic E-state index is -4.71. The second-order valence-electron chi connectivity index (χ2n) is 3.91. The van der Waals surface area contributed by atoms with Crippen LogP contribution in [0.15, 0.2) is 18.3 Å². The largest absolute Gasteiger partial charge is 0.461 e. The van der Waals surface area contributed by atoms with Crippen LogP contribution < -0.4 is 0 Å². The molecule has 7 heteroatoms. The number of ether oxygens (including phenoxy) is 1. The highest BCUT2D eigenvalue weighted by atomic mass is 19.4. The number of hydrogen-bond donors (Lipinski definition) is 0. The highest BCUT2D eigenvalue weighted by molar-refractivity contribution is 5.90. The fraction of sp³-hybridized carbons (Fsp3) is 0.333. The third kappa shape index (κ3) is 2.27. The summed E-state index contributed by atoms with van der Waals surface area (Å²) in [7, 11) is 0. The fourth-order valence-corrected chi connectivity index (χ4v) is 1.80. The predicted molar refractivity (Wildman–Crippen MR) is 60.9 cm³/mol. The average molecular weight is 272 g/mol. The minimum absolute atomic E-state index is 0.00478. The molecule has 0 atom stereocenters. The molecule has 2 aromatic heterocycles. The molecule has 2 heterocycles. The first kappa shape index (κ1) is 13.4. The number of carbonyl (C=O) groups excluding carboxylic acids is 1. The molecule has 4 nitrogen and oxygen atoms in total. The molecule has 0 saturated carbocycles. The van der Waals surface area contributed by atoms with Crippen LogP contribution in [0.5, 0.6) is 0 Å². The molecule has 0 saturated heterocycles. The molecule has 0 aliphatic carbocycles. The van der Waals surface area contributed by atoms with E-state index in [2.05, 4.69) is 9.72 Å². The Morgan fingerprint density at radius 2 is 2.16 bits per heavy atom. The quantitative estimate of drug-likeness (QED) is 0.789. The zero-order valence-corrected chi connectivity index (χ0v) is 10.3. The van der Waals surface area contributed by atoms with Crippen LogP contribution in [-0.4, -0.2) is 22.0 Å². The summed E-state index contributed by atoms with van der Waals surface area (Å²) in [6, 6.07) is 3.17. The van der Waals surface area contributed by atoms with Crippen molar-refractivity contribution in [3.8, 4) is 0 Å². The Morgan fingerprint density at radius 1 is 1.47 bits per heavy atom. The van der Waals surface area contributed by atoms with E-state index in [9.17, 15) is 18.0 Å². The summed E-state index contributed by atoms with van der Waals surface area (Å²) < 4.78 is 44.6. The number of fused-ring (bicyclic) bond motifs is 1. The van der Waals surface area contributed by atoms with E-state index in [1.54, 1.807) is 19.1 Å². The van der Waals surface area contributed by atoms with Crippen LogP contribution in [0.25, 0.3) is 5.65 Å². The average Bonchev–Trinajstić information content (AvgIpc) is 2.70. The number of aromatic nitrogens is 2.